The number of halogens is 3. The van der Waals surface area contributed by atoms with Crippen LogP contribution in [0, 0.1) is 0 Å². The quantitative estimate of drug-likeness (QED) is 0.722. The van der Waals surface area contributed by atoms with E-state index in [4.69, 9.17) is 0 Å². The van der Waals surface area contributed by atoms with Gasteiger partial charge in [-0.2, -0.15) is 0 Å². The maximum absolute atomic E-state index is 12.2. The summed E-state index contributed by atoms with van der Waals surface area (Å²) >= 11 is 2.46. The Labute approximate surface area is 89.3 Å². The Morgan fingerprint density at radius 2 is 1.71 bits per heavy atom. The van der Waals surface area contributed by atoms with Crippen LogP contribution < -0.4 is 0 Å². The molecule has 1 aromatic carbocycles. The van der Waals surface area contributed by atoms with Crippen molar-refractivity contribution in [2.75, 3.05) is 0 Å². The Morgan fingerprint density at radius 1 is 1.21 bits per heavy atom. The average molecular weight is 267 g/mol. The zero-order valence-electron chi connectivity index (χ0n) is 7.67. The molecule has 0 fully saturated rings. The van der Waals surface area contributed by atoms with Crippen LogP contribution in [0.3, 0.4) is 0 Å². The summed E-state index contributed by atoms with van der Waals surface area (Å²) in [4.78, 5) is 0.254. The SMILES string of the molecule is CCC([SeH])c1ccc(C(F)(F)F)cc1. The molecule has 0 radical (unpaired) electrons. The van der Waals surface area contributed by atoms with Crippen molar-refractivity contribution in [1.29, 1.82) is 0 Å². The van der Waals surface area contributed by atoms with E-state index in [0.29, 0.717) is 0 Å². The number of hydrogen-bond acceptors (Lipinski definition) is 0. The molecule has 0 aliphatic carbocycles. The van der Waals surface area contributed by atoms with Crippen molar-refractivity contribution in [3.63, 3.8) is 0 Å². The summed E-state index contributed by atoms with van der Waals surface area (Å²) in [5, 5.41) is 0. The molecule has 4 heteroatoms. The average Bonchev–Trinajstić information content (AvgIpc) is 2.15. The monoisotopic (exact) mass is 268 g/mol. The molecule has 0 aromatic heterocycles. The molecule has 0 aliphatic rings. The van der Waals surface area contributed by atoms with Crippen molar-refractivity contribution >= 4 is 16.0 Å². The predicted molar refractivity (Wildman–Crippen MR) is 51.6 cm³/mol. The van der Waals surface area contributed by atoms with E-state index in [-0.39, 0.29) is 4.82 Å². The van der Waals surface area contributed by atoms with Gasteiger partial charge in [0, 0.05) is 0 Å². The topological polar surface area (TPSA) is 0 Å². The second-order valence-electron chi connectivity index (χ2n) is 3.04. The van der Waals surface area contributed by atoms with E-state index in [1.165, 1.54) is 12.1 Å². The van der Waals surface area contributed by atoms with E-state index in [0.717, 1.165) is 24.1 Å². The van der Waals surface area contributed by atoms with E-state index in [1.54, 1.807) is 0 Å². The molecular weight excluding hydrogens is 256 g/mol. The summed E-state index contributed by atoms with van der Waals surface area (Å²) in [6.45, 7) is 2.00. The Morgan fingerprint density at radius 3 is 2.07 bits per heavy atom. The van der Waals surface area contributed by atoms with Gasteiger partial charge in [0.05, 0.1) is 0 Å². The second-order valence-corrected chi connectivity index (χ2v) is 4.35. The van der Waals surface area contributed by atoms with Crippen LogP contribution in [-0.2, 0) is 6.18 Å². The Kier molecular flexibility index (Phi) is 3.62. The molecule has 0 bridgehead atoms. The first-order chi connectivity index (χ1) is 6.45. The van der Waals surface area contributed by atoms with Gasteiger partial charge in [-0.25, -0.2) is 0 Å². The molecule has 0 heterocycles. The Bertz CT molecular complexity index is 289. The van der Waals surface area contributed by atoms with Gasteiger partial charge in [0.15, 0.2) is 0 Å². The van der Waals surface area contributed by atoms with Crippen LogP contribution in [-0.4, -0.2) is 16.0 Å². The molecule has 0 amide bonds. The molecular formula is C10H11F3Se. The molecule has 0 nitrogen and oxygen atoms in total. The van der Waals surface area contributed by atoms with E-state index >= 15 is 0 Å². The summed E-state index contributed by atoms with van der Waals surface area (Å²) < 4.78 is 36.6. The zero-order chi connectivity index (χ0) is 10.8. The number of hydrogen-bond donors (Lipinski definition) is 0. The minimum absolute atomic E-state index is 0.254. The fraction of sp³-hybridized carbons (Fsp3) is 0.400. The molecule has 1 unspecified atom stereocenters. The normalized spacial score (nSPS) is 14.1. The molecule has 0 saturated carbocycles. The van der Waals surface area contributed by atoms with E-state index < -0.39 is 11.7 Å². The third-order valence-electron chi connectivity index (χ3n) is 2.01. The zero-order valence-corrected chi connectivity index (χ0v) is 9.55. The molecule has 1 atom stereocenters. The van der Waals surface area contributed by atoms with Gasteiger partial charge in [-0.1, -0.05) is 0 Å². The van der Waals surface area contributed by atoms with Gasteiger partial charge in [0.25, 0.3) is 0 Å². The minimum atomic E-state index is -4.23. The van der Waals surface area contributed by atoms with E-state index in [2.05, 4.69) is 16.0 Å². The van der Waals surface area contributed by atoms with Crippen LogP contribution in [0.1, 0.15) is 29.3 Å². The fourth-order valence-corrected chi connectivity index (χ4v) is 1.49. The van der Waals surface area contributed by atoms with E-state index in [1.807, 2.05) is 6.92 Å². The van der Waals surface area contributed by atoms with Crippen LogP contribution in [0.25, 0.3) is 0 Å². The third-order valence-corrected chi connectivity index (χ3v) is 3.40. The number of alkyl halides is 3. The first-order valence-corrected chi connectivity index (χ1v) is 5.38. The van der Waals surface area contributed by atoms with E-state index in [9.17, 15) is 13.2 Å². The van der Waals surface area contributed by atoms with Crippen molar-refractivity contribution in [2.24, 2.45) is 0 Å². The van der Waals surface area contributed by atoms with Crippen molar-refractivity contribution in [3.8, 4) is 0 Å². The van der Waals surface area contributed by atoms with Crippen molar-refractivity contribution in [2.45, 2.75) is 24.3 Å². The summed E-state index contributed by atoms with van der Waals surface area (Å²) in [5.41, 5.74) is 0.345. The van der Waals surface area contributed by atoms with Crippen LogP contribution in [0.2, 0.25) is 0 Å². The second kappa shape index (κ2) is 4.37. The van der Waals surface area contributed by atoms with Gasteiger partial charge in [-0.3, -0.25) is 0 Å². The van der Waals surface area contributed by atoms with Gasteiger partial charge >= 0.3 is 88.9 Å². The maximum atomic E-state index is 12.2. The van der Waals surface area contributed by atoms with Gasteiger partial charge < -0.3 is 0 Å². The third kappa shape index (κ3) is 2.76. The standard InChI is InChI=1S/C10H11F3Se/c1-2-9(14)7-3-5-8(6-4-7)10(11,12)13/h3-6,9,14H,2H2,1H3. The summed E-state index contributed by atoms with van der Waals surface area (Å²) in [5.74, 6) is 0. The van der Waals surface area contributed by atoms with Gasteiger partial charge in [0.1, 0.15) is 0 Å². The molecule has 0 saturated heterocycles. The van der Waals surface area contributed by atoms with Gasteiger partial charge in [0.2, 0.25) is 0 Å². The first-order valence-electron chi connectivity index (χ1n) is 4.30. The summed E-state index contributed by atoms with van der Waals surface area (Å²) in [7, 11) is 0. The van der Waals surface area contributed by atoms with Crippen molar-refractivity contribution < 1.29 is 13.2 Å². The molecule has 0 aliphatic heterocycles. The van der Waals surface area contributed by atoms with Crippen molar-refractivity contribution in [1.82, 2.24) is 0 Å². The summed E-state index contributed by atoms with van der Waals surface area (Å²) in [6, 6.07) is 5.33. The molecule has 1 aromatic rings. The van der Waals surface area contributed by atoms with Gasteiger partial charge in [-0.15, -0.1) is 0 Å². The summed E-state index contributed by atoms with van der Waals surface area (Å²) in [6.07, 6.45) is -3.33. The first kappa shape index (κ1) is 11.6. The number of rotatable bonds is 2. The molecule has 14 heavy (non-hydrogen) atoms. The molecule has 0 spiro atoms. The predicted octanol–water partition coefficient (Wildman–Crippen LogP) is 3.06. The fourth-order valence-electron chi connectivity index (χ4n) is 1.13. The van der Waals surface area contributed by atoms with Crippen LogP contribution in [0.15, 0.2) is 24.3 Å². The van der Waals surface area contributed by atoms with Crippen LogP contribution in [0.5, 0.6) is 0 Å². The Hall–Kier alpha value is -0.471. The van der Waals surface area contributed by atoms with Crippen molar-refractivity contribution in [3.05, 3.63) is 35.4 Å². The Balaban J connectivity index is 2.89. The molecule has 1 rings (SSSR count). The molecule has 78 valence electrons. The van der Waals surface area contributed by atoms with Gasteiger partial charge in [-0.05, 0) is 0 Å². The molecule has 0 N–H and O–H groups in total. The number of benzene rings is 1. The van der Waals surface area contributed by atoms with Crippen LogP contribution in [0.4, 0.5) is 13.2 Å². The van der Waals surface area contributed by atoms with Crippen LogP contribution >= 0.6 is 0 Å².